The molecule has 0 saturated carbocycles. The van der Waals surface area contributed by atoms with Crippen LogP contribution in [0.3, 0.4) is 0 Å². The van der Waals surface area contributed by atoms with Gasteiger partial charge < -0.3 is 10.1 Å². The SMILES string of the molecule is COC(=O)c1c(NC(=O)c2ccc(C)cc2)sc2c1CCC(C(C)(C)C)C2. The predicted octanol–water partition coefficient (Wildman–Crippen LogP) is 5.25. The maximum absolute atomic E-state index is 12.7. The number of hydrogen-bond acceptors (Lipinski definition) is 4. The highest BCUT2D eigenvalue weighted by molar-refractivity contribution is 7.17. The van der Waals surface area contributed by atoms with Crippen LogP contribution >= 0.6 is 11.3 Å². The van der Waals surface area contributed by atoms with Crippen LogP contribution in [0.25, 0.3) is 0 Å². The molecular formula is C22H27NO3S. The Balaban J connectivity index is 1.93. The van der Waals surface area contributed by atoms with E-state index in [-0.39, 0.29) is 17.3 Å². The maximum Gasteiger partial charge on any atom is 0.341 e. The van der Waals surface area contributed by atoms with Gasteiger partial charge in [0, 0.05) is 10.4 Å². The molecule has 1 aromatic heterocycles. The molecule has 4 nitrogen and oxygen atoms in total. The first kappa shape index (κ1) is 19.6. The summed E-state index contributed by atoms with van der Waals surface area (Å²) in [5.74, 6) is -0.0122. The van der Waals surface area contributed by atoms with Crippen molar-refractivity contribution in [1.29, 1.82) is 0 Å². The Morgan fingerprint density at radius 1 is 1.19 bits per heavy atom. The lowest BCUT2D eigenvalue weighted by molar-refractivity contribution is 0.0600. The van der Waals surface area contributed by atoms with Crippen LogP contribution in [0.15, 0.2) is 24.3 Å². The number of rotatable bonds is 3. The number of benzene rings is 1. The van der Waals surface area contributed by atoms with Crippen LogP contribution < -0.4 is 5.32 Å². The van der Waals surface area contributed by atoms with Gasteiger partial charge in [0.15, 0.2) is 0 Å². The molecule has 3 rings (SSSR count). The first-order chi connectivity index (χ1) is 12.7. The quantitative estimate of drug-likeness (QED) is 0.735. The Hall–Kier alpha value is -2.14. The van der Waals surface area contributed by atoms with Crippen LogP contribution in [-0.2, 0) is 17.6 Å². The molecule has 1 unspecified atom stereocenters. The summed E-state index contributed by atoms with van der Waals surface area (Å²) in [6.45, 7) is 8.77. The number of methoxy groups -OCH3 is 1. The number of anilines is 1. The molecule has 1 N–H and O–H groups in total. The third-order valence-corrected chi connectivity index (χ3v) is 6.59. The number of carbonyl (C=O) groups is 2. The molecule has 144 valence electrons. The van der Waals surface area contributed by atoms with Gasteiger partial charge in [-0.2, -0.15) is 0 Å². The lowest BCUT2D eigenvalue weighted by atomic mass is 9.72. The van der Waals surface area contributed by atoms with Crippen molar-refractivity contribution < 1.29 is 14.3 Å². The fourth-order valence-electron chi connectivity index (χ4n) is 3.61. The lowest BCUT2D eigenvalue weighted by Crippen LogP contribution is -2.26. The minimum atomic E-state index is -0.374. The fourth-order valence-corrected chi connectivity index (χ4v) is 4.92. The van der Waals surface area contributed by atoms with Crippen molar-refractivity contribution in [2.24, 2.45) is 11.3 Å². The van der Waals surface area contributed by atoms with E-state index in [1.807, 2.05) is 19.1 Å². The summed E-state index contributed by atoms with van der Waals surface area (Å²) in [5, 5.41) is 3.55. The van der Waals surface area contributed by atoms with Gasteiger partial charge in [0.05, 0.1) is 12.7 Å². The molecule has 1 amide bonds. The predicted molar refractivity (Wildman–Crippen MR) is 110 cm³/mol. The molecule has 2 aromatic rings. The number of amides is 1. The number of esters is 1. The second-order valence-corrected chi connectivity index (χ2v) is 9.43. The van der Waals surface area contributed by atoms with Gasteiger partial charge in [-0.15, -0.1) is 11.3 Å². The van der Waals surface area contributed by atoms with Gasteiger partial charge >= 0.3 is 5.97 Å². The van der Waals surface area contributed by atoms with E-state index in [1.54, 1.807) is 12.1 Å². The average molecular weight is 386 g/mol. The van der Waals surface area contributed by atoms with Crippen molar-refractivity contribution >= 4 is 28.2 Å². The highest BCUT2D eigenvalue weighted by atomic mass is 32.1. The Kier molecular flexibility index (Phi) is 5.43. The summed E-state index contributed by atoms with van der Waals surface area (Å²) in [4.78, 5) is 26.3. The molecule has 5 heteroatoms. The normalized spacial score (nSPS) is 16.6. The number of ether oxygens (including phenoxy) is 1. The molecule has 1 atom stereocenters. The minimum Gasteiger partial charge on any atom is -0.465 e. The second-order valence-electron chi connectivity index (χ2n) is 8.33. The topological polar surface area (TPSA) is 55.4 Å². The Morgan fingerprint density at radius 2 is 1.85 bits per heavy atom. The number of aryl methyl sites for hydroxylation is 1. The molecule has 0 spiro atoms. The largest absolute Gasteiger partial charge is 0.465 e. The Labute approximate surface area is 164 Å². The third kappa shape index (κ3) is 4.08. The summed E-state index contributed by atoms with van der Waals surface area (Å²) >= 11 is 1.52. The standard InChI is InChI=1S/C22H27NO3S/c1-13-6-8-14(9-7-13)19(24)23-20-18(21(25)26-5)16-11-10-15(22(2,3)4)12-17(16)27-20/h6-9,15H,10-12H2,1-5H3,(H,23,24). The van der Waals surface area contributed by atoms with Gasteiger partial charge in [0.25, 0.3) is 5.91 Å². The Morgan fingerprint density at radius 3 is 2.44 bits per heavy atom. The zero-order chi connectivity index (χ0) is 19.8. The first-order valence-electron chi connectivity index (χ1n) is 9.31. The van der Waals surface area contributed by atoms with Gasteiger partial charge in [-0.1, -0.05) is 38.5 Å². The molecule has 1 aliphatic rings. The van der Waals surface area contributed by atoms with Gasteiger partial charge in [-0.05, 0) is 55.2 Å². The summed E-state index contributed by atoms with van der Waals surface area (Å²) in [6, 6.07) is 7.41. The lowest BCUT2D eigenvalue weighted by Gasteiger charge is -2.33. The highest BCUT2D eigenvalue weighted by Gasteiger charge is 2.34. The second kappa shape index (κ2) is 7.47. The van der Waals surface area contributed by atoms with E-state index in [2.05, 4.69) is 26.1 Å². The molecule has 27 heavy (non-hydrogen) atoms. The number of thiophene rings is 1. The van der Waals surface area contributed by atoms with Crippen LogP contribution in [0.1, 0.15) is 63.9 Å². The first-order valence-corrected chi connectivity index (χ1v) is 10.1. The fraction of sp³-hybridized carbons (Fsp3) is 0.455. The van der Waals surface area contributed by atoms with Crippen molar-refractivity contribution in [3.63, 3.8) is 0 Å². The molecule has 1 heterocycles. The van der Waals surface area contributed by atoms with E-state index in [4.69, 9.17) is 4.74 Å². The van der Waals surface area contributed by atoms with Crippen molar-refractivity contribution in [2.45, 2.75) is 47.0 Å². The van der Waals surface area contributed by atoms with Crippen LogP contribution in [-0.4, -0.2) is 19.0 Å². The third-order valence-electron chi connectivity index (χ3n) is 5.42. The van der Waals surface area contributed by atoms with Crippen LogP contribution in [0, 0.1) is 18.3 Å². The average Bonchev–Trinajstić information content (AvgIpc) is 2.97. The van der Waals surface area contributed by atoms with Crippen molar-refractivity contribution in [3.05, 3.63) is 51.4 Å². The molecule has 0 radical (unpaired) electrons. The van der Waals surface area contributed by atoms with Crippen molar-refractivity contribution in [1.82, 2.24) is 0 Å². The molecule has 0 fully saturated rings. The van der Waals surface area contributed by atoms with E-state index < -0.39 is 0 Å². The van der Waals surface area contributed by atoms with Crippen molar-refractivity contribution in [3.8, 4) is 0 Å². The van der Waals surface area contributed by atoms with E-state index in [1.165, 1.54) is 23.3 Å². The smallest absolute Gasteiger partial charge is 0.341 e. The van der Waals surface area contributed by atoms with Gasteiger partial charge in [-0.25, -0.2) is 4.79 Å². The zero-order valence-electron chi connectivity index (χ0n) is 16.6. The van der Waals surface area contributed by atoms with E-state index in [0.717, 1.165) is 30.4 Å². The number of fused-ring (bicyclic) bond motifs is 1. The van der Waals surface area contributed by atoms with E-state index >= 15 is 0 Å². The molecule has 0 bridgehead atoms. The zero-order valence-corrected chi connectivity index (χ0v) is 17.5. The highest BCUT2D eigenvalue weighted by Crippen LogP contribution is 2.44. The number of hydrogen-bond donors (Lipinski definition) is 1. The van der Waals surface area contributed by atoms with Gasteiger partial charge in [0.1, 0.15) is 5.00 Å². The summed E-state index contributed by atoms with van der Waals surface area (Å²) in [5.41, 5.74) is 3.48. The van der Waals surface area contributed by atoms with Crippen LogP contribution in [0.2, 0.25) is 0 Å². The molecule has 0 aliphatic heterocycles. The number of carbonyl (C=O) groups excluding carboxylic acids is 2. The maximum atomic E-state index is 12.7. The monoisotopic (exact) mass is 385 g/mol. The van der Waals surface area contributed by atoms with E-state index in [9.17, 15) is 9.59 Å². The minimum absolute atomic E-state index is 0.203. The van der Waals surface area contributed by atoms with Crippen molar-refractivity contribution in [2.75, 3.05) is 12.4 Å². The molecular weight excluding hydrogens is 358 g/mol. The Bertz CT molecular complexity index is 859. The summed E-state index contributed by atoms with van der Waals surface area (Å²) in [7, 11) is 1.39. The van der Waals surface area contributed by atoms with Crippen LogP contribution in [0.5, 0.6) is 0 Å². The molecule has 1 aliphatic carbocycles. The summed E-state index contributed by atoms with van der Waals surface area (Å²) in [6.07, 6.45) is 2.83. The number of nitrogens with one attached hydrogen (secondary N) is 1. The molecule has 0 saturated heterocycles. The van der Waals surface area contributed by atoms with E-state index in [0.29, 0.717) is 22.0 Å². The summed E-state index contributed by atoms with van der Waals surface area (Å²) < 4.78 is 5.01. The molecule has 1 aromatic carbocycles. The van der Waals surface area contributed by atoms with Crippen LogP contribution in [0.4, 0.5) is 5.00 Å². The van der Waals surface area contributed by atoms with Gasteiger partial charge in [-0.3, -0.25) is 4.79 Å². The van der Waals surface area contributed by atoms with Gasteiger partial charge in [0.2, 0.25) is 0 Å².